The summed E-state index contributed by atoms with van der Waals surface area (Å²) < 4.78 is 4.75. The molecule has 1 aliphatic rings. The van der Waals surface area contributed by atoms with Crippen molar-refractivity contribution in [1.29, 1.82) is 0 Å². The molecular weight excluding hydrogens is 242 g/mol. The van der Waals surface area contributed by atoms with Crippen molar-refractivity contribution in [2.24, 2.45) is 0 Å². The molecule has 2 rings (SSSR count). The summed E-state index contributed by atoms with van der Waals surface area (Å²) in [5, 5.41) is 13.1. The molecule has 18 heavy (non-hydrogen) atoms. The first-order valence-corrected chi connectivity index (χ1v) is 4.97. The van der Waals surface area contributed by atoms with Gasteiger partial charge in [0.15, 0.2) is 0 Å². The lowest BCUT2D eigenvalue weighted by molar-refractivity contribution is -0.384. The third-order valence-electron chi connectivity index (χ3n) is 2.46. The van der Waals surface area contributed by atoms with Gasteiger partial charge in [-0.25, -0.2) is 9.69 Å². The maximum Gasteiger partial charge on any atom is 0.331 e. The van der Waals surface area contributed by atoms with Gasteiger partial charge >= 0.3 is 6.03 Å². The number of nitrogens with zero attached hydrogens (tertiary/aromatic N) is 2. The van der Waals surface area contributed by atoms with E-state index >= 15 is 0 Å². The lowest BCUT2D eigenvalue weighted by Gasteiger charge is -2.12. The number of nitro benzene ring substituents is 1. The highest BCUT2D eigenvalue weighted by molar-refractivity contribution is 6.21. The quantitative estimate of drug-likeness (QED) is 0.482. The Kier molecular flexibility index (Phi) is 2.94. The Morgan fingerprint density at radius 3 is 2.61 bits per heavy atom. The van der Waals surface area contributed by atoms with Gasteiger partial charge in [-0.2, -0.15) is 0 Å². The number of rotatable bonds is 3. The molecule has 1 saturated heterocycles. The Morgan fingerprint density at radius 1 is 1.39 bits per heavy atom. The van der Waals surface area contributed by atoms with Gasteiger partial charge in [0.25, 0.3) is 11.6 Å². The Labute approximate surface area is 101 Å². The third-order valence-corrected chi connectivity index (χ3v) is 2.46. The second-order valence-corrected chi connectivity index (χ2v) is 3.48. The first-order chi connectivity index (χ1) is 8.56. The van der Waals surface area contributed by atoms with Crippen molar-refractivity contribution in [3.05, 3.63) is 34.4 Å². The summed E-state index contributed by atoms with van der Waals surface area (Å²) in [5.41, 5.74) is -0.401. The highest BCUT2D eigenvalue weighted by atomic mass is 16.6. The fourth-order valence-electron chi connectivity index (χ4n) is 1.65. The number of carbonyl (C=O) groups is 2. The Balaban J connectivity index is 2.46. The minimum atomic E-state index is -1.11. The fraction of sp³-hybridized carbons (Fsp3) is 0.200. The summed E-state index contributed by atoms with van der Waals surface area (Å²) in [6.45, 7) is 0. The topological polar surface area (TPSA) is 102 Å². The molecule has 8 heteroatoms. The van der Waals surface area contributed by atoms with Crippen LogP contribution in [0.2, 0.25) is 0 Å². The second-order valence-electron chi connectivity index (χ2n) is 3.48. The maximum absolute atomic E-state index is 11.8. The van der Waals surface area contributed by atoms with Gasteiger partial charge in [0.2, 0.25) is 6.23 Å². The van der Waals surface area contributed by atoms with Crippen molar-refractivity contribution in [3.63, 3.8) is 0 Å². The number of hydrogen-bond donors (Lipinski definition) is 1. The number of carbonyl (C=O) groups excluding carboxylic acids is 2. The molecule has 1 aliphatic heterocycles. The molecule has 1 unspecified atom stereocenters. The predicted molar refractivity (Wildman–Crippen MR) is 59.9 cm³/mol. The summed E-state index contributed by atoms with van der Waals surface area (Å²) in [4.78, 5) is 34.3. The standard InChI is InChI=1S/C10H9N3O5/c1-18-8-9(14)12(10(15)11-8)6-4-2-3-5-7(6)13(16)17/h2-5,8H,1H3,(H,11,15). The molecule has 1 fully saturated rings. The summed E-state index contributed by atoms with van der Waals surface area (Å²) in [7, 11) is 1.26. The third kappa shape index (κ3) is 1.78. The molecular formula is C10H9N3O5. The minimum Gasteiger partial charge on any atom is -0.353 e. The van der Waals surface area contributed by atoms with Crippen LogP contribution in [0.5, 0.6) is 0 Å². The smallest absolute Gasteiger partial charge is 0.331 e. The van der Waals surface area contributed by atoms with E-state index in [4.69, 9.17) is 4.74 Å². The number of nitrogens with one attached hydrogen (secondary N) is 1. The Morgan fingerprint density at radius 2 is 2.06 bits per heavy atom. The number of urea groups is 1. The summed E-state index contributed by atoms with van der Waals surface area (Å²) >= 11 is 0. The van der Waals surface area contributed by atoms with E-state index in [1.165, 1.54) is 31.4 Å². The Bertz CT molecular complexity index is 530. The van der Waals surface area contributed by atoms with Crippen LogP contribution in [-0.2, 0) is 9.53 Å². The van der Waals surface area contributed by atoms with E-state index in [1.807, 2.05) is 0 Å². The van der Waals surface area contributed by atoms with Crippen LogP contribution >= 0.6 is 0 Å². The van der Waals surface area contributed by atoms with Crippen molar-refractivity contribution in [3.8, 4) is 0 Å². The van der Waals surface area contributed by atoms with E-state index in [0.717, 1.165) is 0 Å². The molecule has 1 N–H and O–H groups in total. The highest BCUT2D eigenvalue weighted by Gasteiger charge is 2.41. The number of benzene rings is 1. The van der Waals surface area contributed by atoms with Crippen LogP contribution in [0.4, 0.5) is 16.2 Å². The van der Waals surface area contributed by atoms with Crippen molar-refractivity contribution in [2.75, 3.05) is 12.0 Å². The average molecular weight is 251 g/mol. The predicted octanol–water partition coefficient (Wildman–Crippen LogP) is 0.624. The van der Waals surface area contributed by atoms with Crippen molar-refractivity contribution < 1.29 is 19.2 Å². The Hall–Kier alpha value is -2.48. The van der Waals surface area contributed by atoms with E-state index in [9.17, 15) is 19.7 Å². The van der Waals surface area contributed by atoms with Gasteiger partial charge in [-0.3, -0.25) is 14.9 Å². The van der Waals surface area contributed by atoms with Crippen LogP contribution < -0.4 is 10.2 Å². The average Bonchev–Trinajstić information content (AvgIpc) is 2.64. The van der Waals surface area contributed by atoms with Gasteiger partial charge in [0.1, 0.15) is 5.69 Å². The van der Waals surface area contributed by atoms with Crippen LogP contribution in [0.15, 0.2) is 24.3 Å². The summed E-state index contributed by atoms with van der Waals surface area (Å²) in [5.74, 6) is -0.684. The fourth-order valence-corrected chi connectivity index (χ4v) is 1.65. The summed E-state index contributed by atoms with van der Waals surface area (Å²) in [6.07, 6.45) is -1.11. The highest BCUT2D eigenvalue weighted by Crippen LogP contribution is 2.29. The van der Waals surface area contributed by atoms with E-state index in [-0.39, 0.29) is 11.4 Å². The van der Waals surface area contributed by atoms with Crippen LogP contribution in [0.3, 0.4) is 0 Å². The molecule has 0 spiro atoms. The molecule has 94 valence electrons. The summed E-state index contributed by atoms with van der Waals surface area (Å²) in [6, 6.07) is 4.75. The number of nitro groups is 1. The number of hydrogen-bond acceptors (Lipinski definition) is 5. The number of imide groups is 1. The normalized spacial score (nSPS) is 18.9. The number of methoxy groups -OCH3 is 1. The van der Waals surface area contributed by atoms with Crippen LogP contribution in [0.25, 0.3) is 0 Å². The van der Waals surface area contributed by atoms with E-state index in [1.54, 1.807) is 0 Å². The van der Waals surface area contributed by atoms with Gasteiger partial charge in [-0.15, -0.1) is 0 Å². The molecule has 0 aromatic heterocycles. The van der Waals surface area contributed by atoms with Gasteiger partial charge in [0.05, 0.1) is 4.92 Å². The number of ether oxygens (including phenoxy) is 1. The van der Waals surface area contributed by atoms with Gasteiger partial charge in [0, 0.05) is 13.2 Å². The van der Waals surface area contributed by atoms with E-state index < -0.39 is 23.1 Å². The molecule has 0 bridgehead atoms. The van der Waals surface area contributed by atoms with Crippen molar-refractivity contribution in [1.82, 2.24) is 5.32 Å². The number of anilines is 1. The maximum atomic E-state index is 11.8. The van der Waals surface area contributed by atoms with E-state index in [2.05, 4.69) is 5.32 Å². The van der Waals surface area contributed by atoms with E-state index in [0.29, 0.717) is 4.90 Å². The van der Waals surface area contributed by atoms with Gasteiger partial charge in [-0.05, 0) is 6.07 Å². The molecule has 0 saturated carbocycles. The first-order valence-electron chi connectivity index (χ1n) is 4.97. The van der Waals surface area contributed by atoms with Gasteiger partial charge < -0.3 is 10.1 Å². The van der Waals surface area contributed by atoms with Gasteiger partial charge in [-0.1, -0.05) is 12.1 Å². The lowest BCUT2D eigenvalue weighted by atomic mass is 10.2. The minimum absolute atomic E-state index is 0.0791. The van der Waals surface area contributed by atoms with Crippen LogP contribution in [0, 0.1) is 10.1 Å². The largest absolute Gasteiger partial charge is 0.353 e. The molecule has 8 nitrogen and oxygen atoms in total. The van der Waals surface area contributed by atoms with Crippen molar-refractivity contribution in [2.45, 2.75) is 6.23 Å². The van der Waals surface area contributed by atoms with Crippen molar-refractivity contribution >= 4 is 23.3 Å². The zero-order valence-electron chi connectivity index (χ0n) is 9.32. The SMILES string of the molecule is COC1NC(=O)N(c2ccccc2[N+](=O)[O-])C1=O. The second kappa shape index (κ2) is 4.41. The number of para-hydroxylation sites is 2. The zero-order chi connectivity index (χ0) is 13.3. The number of amides is 3. The monoisotopic (exact) mass is 251 g/mol. The molecule has 1 atom stereocenters. The first kappa shape index (κ1) is 12.0. The molecule has 1 aromatic rings. The molecule has 1 aromatic carbocycles. The van der Waals surface area contributed by atoms with Crippen LogP contribution in [-0.4, -0.2) is 30.2 Å². The molecule has 0 aliphatic carbocycles. The molecule has 1 heterocycles. The lowest BCUT2D eigenvalue weighted by Crippen LogP contribution is -2.32. The molecule has 0 radical (unpaired) electrons. The molecule has 3 amide bonds. The zero-order valence-corrected chi connectivity index (χ0v) is 9.32. The van der Waals surface area contributed by atoms with Crippen LogP contribution in [0.1, 0.15) is 0 Å².